The maximum atomic E-state index is 14.8. The second-order valence-electron chi connectivity index (χ2n) is 12.9. The van der Waals surface area contributed by atoms with Crippen molar-refractivity contribution in [3.05, 3.63) is 97.1 Å². The van der Waals surface area contributed by atoms with Crippen LogP contribution in [0.5, 0.6) is 0 Å². The van der Waals surface area contributed by atoms with Crippen LogP contribution in [0.4, 0.5) is 0 Å². The first-order valence-corrected chi connectivity index (χ1v) is 16.5. The van der Waals surface area contributed by atoms with E-state index in [0.29, 0.717) is 32.5 Å². The smallest absolute Gasteiger partial charge is 0.247 e. The lowest BCUT2D eigenvalue weighted by Gasteiger charge is -2.40. The summed E-state index contributed by atoms with van der Waals surface area (Å²) >= 11 is 1.66. The minimum atomic E-state index is -0.796. The Balaban J connectivity index is 1.59. The van der Waals surface area contributed by atoms with Gasteiger partial charge in [-0.05, 0) is 51.2 Å². The lowest BCUT2D eigenvalue weighted by atomic mass is 9.66. The highest BCUT2D eigenvalue weighted by Crippen LogP contribution is 2.72. The molecule has 5 rings (SSSR count). The molecular weight excluding hydrogens is 570 g/mol. The summed E-state index contributed by atoms with van der Waals surface area (Å²) in [7, 11) is 0. The molecule has 44 heavy (non-hydrogen) atoms. The number of rotatable bonds is 13. The van der Waals surface area contributed by atoms with E-state index in [0.717, 1.165) is 17.5 Å². The molecule has 8 heteroatoms. The van der Waals surface area contributed by atoms with Crippen LogP contribution >= 0.6 is 11.8 Å². The highest BCUT2D eigenvalue weighted by atomic mass is 32.2. The third-order valence-electron chi connectivity index (χ3n) is 9.74. The molecule has 2 aromatic rings. The number of likely N-dealkylation sites (tertiary alicyclic amines) is 1. The third-order valence-corrected chi connectivity index (χ3v) is 11.7. The van der Waals surface area contributed by atoms with Crippen molar-refractivity contribution in [2.75, 3.05) is 19.7 Å². The van der Waals surface area contributed by atoms with E-state index in [1.165, 1.54) is 0 Å². The van der Waals surface area contributed by atoms with E-state index in [1.807, 2.05) is 74.5 Å². The van der Waals surface area contributed by atoms with Crippen molar-refractivity contribution in [3.63, 3.8) is 0 Å². The van der Waals surface area contributed by atoms with Crippen molar-refractivity contribution in [1.29, 1.82) is 0 Å². The normalized spacial score (nSPS) is 27.7. The number of amides is 3. The molecule has 234 valence electrons. The number of aliphatic hydroxyl groups is 1. The molecular formula is C36H45N3O4S. The minimum Gasteiger partial charge on any atom is -0.394 e. The topological polar surface area (TPSA) is 81.2 Å². The maximum Gasteiger partial charge on any atom is 0.247 e. The molecule has 3 saturated heterocycles. The molecule has 1 spiro atoms. The van der Waals surface area contributed by atoms with Crippen molar-refractivity contribution >= 4 is 29.5 Å². The van der Waals surface area contributed by atoms with Gasteiger partial charge in [-0.25, -0.2) is 0 Å². The Bertz CT molecular complexity index is 1380. The second kappa shape index (κ2) is 12.9. The number of nitrogens with zero attached hydrogens (tertiary/aromatic N) is 3. The van der Waals surface area contributed by atoms with Crippen molar-refractivity contribution in [3.8, 4) is 0 Å². The minimum absolute atomic E-state index is 0.0767. The SMILES string of the molecule is C=CCN(Cc1ccccc1)C(=O)[C@H]1[C@H]2C(=O)N([C@@H](CO)Cc3ccccc3)C(C(=O)N(CC=C)C(C)C)C23CC[C@]1(C)S3. The molecule has 3 amide bonds. The van der Waals surface area contributed by atoms with Crippen LogP contribution in [0.15, 0.2) is 86.0 Å². The summed E-state index contributed by atoms with van der Waals surface area (Å²) in [5.74, 6) is -1.68. The molecule has 0 aromatic heterocycles. The largest absolute Gasteiger partial charge is 0.394 e. The first-order valence-electron chi connectivity index (χ1n) is 15.6. The van der Waals surface area contributed by atoms with Crippen LogP contribution in [-0.4, -0.2) is 84.8 Å². The Kier molecular flexibility index (Phi) is 9.42. The van der Waals surface area contributed by atoms with E-state index in [1.54, 1.807) is 38.6 Å². The summed E-state index contributed by atoms with van der Waals surface area (Å²) in [5.41, 5.74) is 1.98. The van der Waals surface area contributed by atoms with E-state index < -0.39 is 33.4 Å². The van der Waals surface area contributed by atoms with E-state index in [2.05, 4.69) is 20.1 Å². The molecule has 3 aliphatic heterocycles. The Hall–Kier alpha value is -3.36. The lowest BCUT2D eigenvalue weighted by molar-refractivity contribution is -0.148. The van der Waals surface area contributed by atoms with E-state index in [4.69, 9.17) is 0 Å². The number of fused-ring (bicyclic) bond motifs is 1. The van der Waals surface area contributed by atoms with Gasteiger partial charge in [-0.2, -0.15) is 0 Å². The molecule has 3 heterocycles. The molecule has 0 radical (unpaired) electrons. The van der Waals surface area contributed by atoms with Crippen LogP contribution in [0.3, 0.4) is 0 Å². The van der Waals surface area contributed by atoms with Gasteiger partial charge in [0, 0.05) is 30.4 Å². The predicted octanol–water partition coefficient (Wildman–Crippen LogP) is 4.71. The van der Waals surface area contributed by atoms with Gasteiger partial charge < -0.3 is 19.8 Å². The van der Waals surface area contributed by atoms with Crippen molar-refractivity contribution < 1.29 is 19.5 Å². The van der Waals surface area contributed by atoms with Gasteiger partial charge in [0.2, 0.25) is 17.7 Å². The van der Waals surface area contributed by atoms with Gasteiger partial charge in [0.05, 0.1) is 29.2 Å². The zero-order chi connectivity index (χ0) is 31.6. The van der Waals surface area contributed by atoms with Gasteiger partial charge in [-0.1, -0.05) is 72.8 Å². The van der Waals surface area contributed by atoms with Crippen LogP contribution in [0.25, 0.3) is 0 Å². The monoisotopic (exact) mass is 615 g/mol. The average Bonchev–Trinajstić information content (AvgIpc) is 3.59. The maximum absolute atomic E-state index is 14.8. The fourth-order valence-electron chi connectivity index (χ4n) is 7.79. The zero-order valence-corrected chi connectivity index (χ0v) is 26.9. The number of carbonyl (C=O) groups excluding carboxylic acids is 3. The summed E-state index contributed by atoms with van der Waals surface area (Å²) in [5, 5.41) is 10.8. The molecule has 2 aromatic carbocycles. The summed E-state index contributed by atoms with van der Waals surface area (Å²) in [6.45, 7) is 14.7. The molecule has 6 atom stereocenters. The number of hydrogen-bond donors (Lipinski definition) is 1. The fourth-order valence-corrected chi connectivity index (χ4v) is 10.1. The quantitative estimate of drug-likeness (QED) is 0.330. The van der Waals surface area contributed by atoms with Crippen LogP contribution in [0, 0.1) is 11.8 Å². The Morgan fingerprint density at radius 1 is 1.00 bits per heavy atom. The van der Waals surface area contributed by atoms with Crippen molar-refractivity contribution in [2.24, 2.45) is 11.8 Å². The average molecular weight is 616 g/mol. The van der Waals surface area contributed by atoms with E-state index in [9.17, 15) is 19.5 Å². The summed E-state index contributed by atoms with van der Waals surface area (Å²) < 4.78 is -1.26. The van der Waals surface area contributed by atoms with Gasteiger partial charge in [0.1, 0.15) is 6.04 Å². The Morgan fingerprint density at radius 3 is 2.18 bits per heavy atom. The first-order chi connectivity index (χ1) is 21.1. The fraction of sp³-hybridized carbons (Fsp3) is 0.472. The Morgan fingerprint density at radius 2 is 1.61 bits per heavy atom. The molecule has 7 nitrogen and oxygen atoms in total. The van der Waals surface area contributed by atoms with Crippen LogP contribution in [0.1, 0.15) is 44.7 Å². The van der Waals surface area contributed by atoms with Crippen molar-refractivity contribution in [1.82, 2.24) is 14.7 Å². The molecule has 2 unspecified atom stereocenters. The van der Waals surface area contributed by atoms with E-state index in [-0.39, 0.29) is 30.4 Å². The summed E-state index contributed by atoms with van der Waals surface area (Å²) in [6, 6.07) is 18.1. The molecule has 3 fully saturated rings. The van der Waals surface area contributed by atoms with Gasteiger partial charge >= 0.3 is 0 Å². The molecule has 0 aliphatic carbocycles. The number of aliphatic hydroxyl groups excluding tert-OH is 1. The van der Waals surface area contributed by atoms with Crippen LogP contribution in [-0.2, 0) is 27.3 Å². The van der Waals surface area contributed by atoms with Gasteiger partial charge in [0.15, 0.2) is 0 Å². The third kappa shape index (κ3) is 5.51. The highest BCUT2D eigenvalue weighted by Gasteiger charge is 2.78. The Labute approximate surface area is 266 Å². The molecule has 2 bridgehead atoms. The first kappa shape index (κ1) is 32.0. The van der Waals surface area contributed by atoms with Crippen LogP contribution < -0.4 is 0 Å². The summed E-state index contributed by atoms with van der Waals surface area (Å²) in [6.07, 6.45) is 5.24. The number of carbonyl (C=O) groups is 3. The van der Waals surface area contributed by atoms with Gasteiger partial charge in [-0.15, -0.1) is 24.9 Å². The number of hydrogen-bond acceptors (Lipinski definition) is 5. The molecule has 3 aliphatic rings. The molecule has 0 saturated carbocycles. The van der Waals surface area contributed by atoms with Gasteiger partial charge in [0.25, 0.3) is 0 Å². The number of thioether (sulfide) groups is 1. The predicted molar refractivity (Wildman–Crippen MR) is 176 cm³/mol. The second-order valence-corrected chi connectivity index (χ2v) is 14.8. The van der Waals surface area contributed by atoms with Gasteiger partial charge in [-0.3, -0.25) is 14.4 Å². The zero-order valence-electron chi connectivity index (χ0n) is 26.1. The molecule has 1 N–H and O–H groups in total. The number of benzene rings is 2. The highest BCUT2D eigenvalue weighted by molar-refractivity contribution is 8.02. The lowest BCUT2D eigenvalue weighted by Crippen LogP contribution is -2.59. The standard InChI is InChI=1S/C36H45N3O4S/c1-6-20-37(23-27-16-12-9-13-17-27)32(41)29-30-33(42)39(28(24-40)22-26-14-10-8-11-15-26)31(34(43)38(21-7-2)25(3)4)36(30)19-18-35(29,5)44-36/h6-17,25,28-31,40H,1-2,18-24H2,3-5H3/t28-,29-,30+,31?,35+,36?/m1/s1. The van der Waals surface area contributed by atoms with E-state index >= 15 is 0 Å². The summed E-state index contributed by atoms with van der Waals surface area (Å²) in [4.78, 5) is 49.4. The van der Waals surface area contributed by atoms with Crippen molar-refractivity contribution in [2.45, 2.75) is 74.2 Å². The van der Waals surface area contributed by atoms with Crippen LogP contribution in [0.2, 0.25) is 0 Å².